The smallest absolute Gasteiger partial charge is 0.310 e. The summed E-state index contributed by atoms with van der Waals surface area (Å²) >= 11 is 1.45. The van der Waals surface area contributed by atoms with Gasteiger partial charge in [0.1, 0.15) is 5.82 Å². The van der Waals surface area contributed by atoms with Gasteiger partial charge in [-0.25, -0.2) is 4.39 Å². The molecule has 0 radical (unpaired) electrons. The zero-order chi connectivity index (χ0) is 13.8. The van der Waals surface area contributed by atoms with Crippen LogP contribution in [0.2, 0.25) is 0 Å². The molecule has 6 heteroatoms. The zero-order valence-electron chi connectivity index (χ0n) is 10.2. The number of halogens is 1. The number of rotatable bonds is 5. The van der Waals surface area contributed by atoms with Gasteiger partial charge >= 0.3 is 5.97 Å². The molecule has 0 aliphatic carbocycles. The normalized spacial score (nSPS) is 15.1. The molecule has 4 nitrogen and oxygen atoms in total. The molecule has 1 heterocycles. The lowest BCUT2D eigenvalue weighted by Crippen LogP contribution is -2.53. The van der Waals surface area contributed by atoms with Crippen molar-refractivity contribution in [3.05, 3.63) is 35.6 Å². The summed E-state index contributed by atoms with van der Waals surface area (Å²) in [6.45, 7) is 0.622. The average Bonchev–Trinajstić information content (AvgIpc) is 2.29. The molecule has 0 bridgehead atoms. The summed E-state index contributed by atoms with van der Waals surface area (Å²) in [7, 11) is 0. The van der Waals surface area contributed by atoms with Gasteiger partial charge in [-0.3, -0.25) is 9.59 Å². The molecule has 1 aliphatic heterocycles. The number of amides is 1. The van der Waals surface area contributed by atoms with Crippen molar-refractivity contribution in [1.82, 2.24) is 4.90 Å². The molecular formula is C13H14FNO3S. The van der Waals surface area contributed by atoms with Crippen LogP contribution in [0.4, 0.5) is 4.39 Å². The minimum absolute atomic E-state index is 0.0374. The van der Waals surface area contributed by atoms with Crippen molar-refractivity contribution in [2.75, 3.05) is 18.8 Å². The molecule has 0 unspecified atom stereocenters. The van der Waals surface area contributed by atoms with E-state index in [-0.39, 0.29) is 11.7 Å². The lowest BCUT2D eigenvalue weighted by molar-refractivity contribution is -0.151. The number of carbonyl (C=O) groups excluding carboxylic acids is 1. The number of likely N-dealkylation sites (tertiary alicyclic amines) is 1. The highest BCUT2D eigenvalue weighted by Gasteiger charge is 2.35. The summed E-state index contributed by atoms with van der Waals surface area (Å²) in [6.07, 6.45) is 0. The molecule has 1 saturated heterocycles. The first-order chi connectivity index (χ1) is 9.06. The predicted molar refractivity (Wildman–Crippen MR) is 70.3 cm³/mol. The molecule has 1 aromatic carbocycles. The number of carbonyl (C=O) groups is 2. The molecule has 2 rings (SSSR count). The molecule has 1 fully saturated rings. The van der Waals surface area contributed by atoms with E-state index in [4.69, 9.17) is 5.11 Å². The van der Waals surface area contributed by atoms with E-state index in [9.17, 15) is 14.0 Å². The monoisotopic (exact) mass is 283 g/mol. The average molecular weight is 283 g/mol. The Labute approximate surface area is 114 Å². The Morgan fingerprint density at radius 1 is 1.32 bits per heavy atom. The first kappa shape index (κ1) is 13.9. The molecule has 1 N–H and O–H groups in total. The third-order valence-electron chi connectivity index (χ3n) is 2.99. The summed E-state index contributed by atoms with van der Waals surface area (Å²) in [5.74, 6) is -0.602. The van der Waals surface area contributed by atoms with E-state index in [1.807, 2.05) is 0 Å². The molecule has 1 aliphatic rings. The largest absolute Gasteiger partial charge is 0.481 e. The van der Waals surface area contributed by atoms with Gasteiger partial charge in [-0.05, 0) is 17.7 Å². The van der Waals surface area contributed by atoms with Crippen molar-refractivity contribution in [1.29, 1.82) is 0 Å². The van der Waals surface area contributed by atoms with Crippen molar-refractivity contribution >= 4 is 23.6 Å². The Hall–Kier alpha value is -1.56. The quantitative estimate of drug-likeness (QED) is 0.892. The number of carboxylic acid groups (broad SMARTS) is 1. The number of thioether (sulfide) groups is 1. The first-order valence-corrected chi connectivity index (χ1v) is 7.04. The maximum Gasteiger partial charge on any atom is 0.310 e. The second-order valence-electron chi connectivity index (χ2n) is 4.45. The fraction of sp³-hybridized carbons (Fsp3) is 0.385. The number of carboxylic acids is 1. The second-order valence-corrected chi connectivity index (χ2v) is 5.44. The third kappa shape index (κ3) is 3.70. The van der Waals surface area contributed by atoms with Crippen LogP contribution >= 0.6 is 11.8 Å². The Balaban J connectivity index is 1.68. The Kier molecular flexibility index (Phi) is 4.42. The van der Waals surface area contributed by atoms with Crippen LogP contribution in [0.3, 0.4) is 0 Å². The first-order valence-electron chi connectivity index (χ1n) is 5.89. The van der Waals surface area contributed by atoms with Crippen LogP contribution in [0.25, 0.3) is 0 Å². The van der Waals surface area contributed by atoms with Crippen LogP contribution in [0, 0.1) is 11.7 Å². The maximum absolute atomic E-state index is 12.7. The van der Waals surface area contributed by atoms with Gasteiger partial charge in [-0.1, -0.05) is 12.1 Å². The number of nitrogens with zero attached hydrogens (tertiary/aromatic N) is 1. The minimum atomic E-state index is -0.844. The molecule has 19 heavy (non-hydrogen) atoms. The zero-order valence-corrected chi connectivity index (χ0v) is 11.0. The van der Waals surface area contributed by atoms with Crippen molar-refractivity contribution in [3.63, 3.8) is 0 Å². The van der Waals surface area contributed by atoms with E-state index in [0.717, 1.165) is 5.56 Å². The van der Waals surface area contributed by atoms with Gasteiger partial charge in [0.15, 0.2) is 0 Å². The van der Waals surface area contributed by atoms with Crippen LogP contribution in [-0.2, 0) is 15.3 Å². The second kappa shape index (κ2) is 6.06. The van der Waals surface area contributed by atoms with E-state index in [1.54, 1.807) is 17.0 Å². The molecule has 1 amide bonds. The van der Waals surface area contributed by atoms with E-state index in [2.05, 4.69) is 0 Å². The predicted octanol–water partition coefficient (Wildman–Crippen LogP) is 1.60. The standard InChI is InChI=1S/C13H14FNO3S/c14-11-3-1-9(2-4-11)7-19-8-12(16)15-5-10(6-15)13(17)18/h1-4,10H,5-8H2,(H,17,18). The molecular weight excluding hydrogens is 269 g/mol. The Morgan fingerprint density at radius 2 is 1.95 bits per heavy atom. The van der Waals surface area contributed by atoms with Crippen LogP contribution in [0.15, 0.2) is 24.3 Å². The number of hydrogen-bond donors (Lipinski definition) is 1. The summed E-state index contributed by atoms with van der Waals surface area (Å²) in [5, 5.41) is 8.71. The lowest BCUT2D eigenvalue weighted by Gasteiger charge is -2.36. The van der Waals surface area contributed by atoms with Crippen LogP contribution in [-0.4, -0.2) is 40.7 Å². The van der Waals surface area contributed by atoms with E-state index >= 15 is 0 Å². The SMILES string of the molecule is O=C(O)C1CN(C(=O)CSCc2ccc(F)cc2)C1. The van der Waals surface area contributed by atoms with Gasteiger partial charge in [0.05, 0.1) is 11.7 Å². The Bertz CT molecular complexity index is 471. The van der Waals surface area contributed by atoms with Crippen molar-refractivity contribution in [2.45, 2.75) is 5.75 Å². The van der Waals surface area contributed by atoms with Gasteiger partial charge < -0.3 is 10.0 Å². The molecule has 0 aromatic heterocycles. The Morgan fingerprint density at radius 3 is 2.53 bits per heavy atom. The summed E-state index contributed by atoms with van der Waals surface area (Å²) in [6, 6.07) is 6.17. The van der Waals surface area contributed by atoms with Crippen molar-refractivity contribution < 1.29 is 19.1 Å². The fourth-order valence-electron chi connectivity index (χ4n) is 1.77. The van der Waals surface area contributed by atoms with Crippen molar-refractivity contribution in [3.8, 4) is 0 Å². The molecule has 0 atom stereocenters. The summed E-state index contributed by atoms with van der Waals surface area (Å²) < 4.78 is 12.7. The van der Waals surface area contributed by atoms with Gasteiger partial charge in [-0.2, -0.15) is 0 Å². The van der Waals surface area contributed by atoms with E-state index < -0.39 is 11.9 Å². The lowest BCUT2D eigenvalue weighted by atomic mass is 10.0. The van der Waals surface area contributed by atoms with E-state index in [0.29, 0.717) is 24.6 Å². The fourth-order valence-corrected chi connectivity index (χ4v) is 2.65. The molecule has 0 saturated carbocycles. The van der Waals surface area contributed by atoms with E-state index in [1.165, 1.54) is 23.9 Å². The minimum Gasteiger partial charge on any atom is -0.481 e. The van der Waals surface area contributed by atoms with Gasteiger partial charge in [-0.15, -0.1) is 11.8 Å². The third-order valence-corrected chi connectivity index (χ3v) is 3.98. The maximum atomic E-state index is 12.7. The molecule has 0 spiro atoms. The van der Waals surface area contributed by atoms with Crippen LogP contribution < -0.4 is 0 Å². The molecule has 102 valence electrons. The highest BCUT2D eigenvalue weighted by Crippen LogP contribution is 2.19. The van der Waals surface area contributed by atoms with Crippen LogP contribution in [0.1, 0.15) is 5.56 Å². The van der Waals surface area contributed by atoms with Crippen molar-refractivity contribution in [2.24, 2.45) is 5.92 Å². The summed E-state index contributed by atoms with van der Waals surface area (Å²) in [4.78, 5) is 23.8. The highest BCUT2D eigenvalue weighted by atomic mass is 32.2. The van der Waals surface area contributed by atoms with Gasteiger partial charge in [0.2, 0.25) is 5.91 Å². The number of benzene rings is 1. The molecule has 1 aromatic rings. The number of aliphatic carboxylic acids is 1. The summed E-state index contributed by atoms with van der Waals surface area (Å²) in [5.41, 5.74) is 0.964. The number of hydrogen-bond acceptors (Lipinski definition) is 3. The van der Waals surface area contributed by atoms with Crippen LogP contribution in [0.5, 0.6) is 0 Å². The van der Waals surface area contributed by atoms with Gasteiger partial charge in [0, 0.05) is 18.8 Å². The van der Waals surface area contributed by atoms with Gasteiger partial charge in [0.25, 0.3) is 0 Å². The topological polar surface area (TPSA) is 57.6 Å². The highest BCUT2D eigenvalue weighted by molar-refractivity contribution is 7.99.